The number of fused-ring (bicyclic) bond motifs is 2. The molecular weight excluding hydrogens is 342 g/mol. The number of nitrogens with zero attached hydrogens (tertiary/aromatic N) is 2. The molecule has 3 atom stereocenters. The Balaban J connectivity index is 1.56. The summed E-state index contributed by atoms with van der Waals surface area (Å²) in [5, 5.41) is 2.75. The van der Waals surface area contributed by atoms with Crippen LogP contribution in [0.4, 0.5) is 0 Å². The molecule has 146 valence electrons. The first-order valence-electron chi connectivity index (χ1n) is 10.0. The van der Waals surface area contributed by atoms with Crippen LogP contribution in [0, 0.1) is 5.92 Å². The quantitative estimate of drug-likeness (QED) is 0.854. The molecule has 0 radical (unpaired) electrons. The lowest BCUT2D eigenvalue weighted by molar-refractivity contribution is -0.135. The number of likely N-dealkylation sites (tertiary alicyclic amines) is 1. The molecule has 2 amide bonds. The van der Waals surface area contributed by atoms with Gasteiger partial charge in [-0.1, -0.05) is 12.1 Å². The number of nitrogens with one attached hydrogen (secondary N) is 1. The second-order valence-electron chi connectivity index (χ2n) is 8.01. The average Bonchev–Trinajstić information content (AvgIpc) is 3.11. The van der Waals surface area contributed by atoms with Crippen LogP contribution in [0.2, 0.25) is 0 Å². The molecule has 27 heavy (non-hydrogen) atoms. The second-order valence-corrected chi connectivity index (χ2v) is 8.01. The molecule has 5 rings (SSSR count). The third kappa shape index (κ3) is 3.43. The number of amides is 2. The van der Waals surface area contributed by atoms with Crippen molar-refractivity contribution in [2.45, 2.75) is 44.2 Å². The number of ether oxygens (including phenoxy) is 1. The van der Waals surface area contributed by atoms with E-state index in [1.807, 2.05) is 12.1 Å². The van der Waals surface area contributed by atoms with Gasteiger partial charge in [-0.2, -0.15) is 0 Å². The summed E-state index contributed by atoms with van der Waals surface area (Å²) in [5.41, 5.74) is 1.29. The van der Waals surface area contributed by atoms with Gasteiger partial charge in [-0.05, 0) is 49.5 Å². The fourth-order valence-corrected chi connectivity index (χ4v) is 5.34. The van der Waals surface area contributed by atoms with Crippen LogP contribution >= 0.6 is 0 Å². The Morgan fingerprint density at radius 3 is 2.48 bits per heavy atom. The van der Waals surface area contributed by atoms with E-state index < -0.39 is 0 Å². The predicted molar refractivity (Wildman–Crippen MR) is 103 cm³/mol. The summed E-state index contributed by atoms with van der Waals surface area (Å²) in [7, 11) is 1.68. The second kappa shape index (κ2) is 7.50. The van der Waals surface area contributed by atoms with Crippen molar-refractivity contribution in [1.82, 2.24) is 15.1 Å². The average molecular weight is 371 g/mol. The highest BCUT2D eigenvalue weighted by molar-refractivity contribution is 5.79. The van der Waals surface area contributed by atoms with Crippen molar-refractivity contribution >= 4 is 11.8 Å². The molecule has 6 nitrogen and oxygen atoms in total. The van der Waals surface area contributed by atoms with Gasteiger partial charge < -0.3 is 15.0 Å². The number of piperidine rings is 3. The molecule has 0 aromatic heterocycles. The monoisotopic (exact) mass is 371 g/mol. The number of methoxy groups -OCH3 is 1. The number of hydrogen-bond donors (Lipinski definition) is 1. The van der Waals surface area contributed by atoms with E-state index in [4.69, 9.17) is 4.74 Å². The van der Waals surface area contributed by atoms with Crippen molar-refractivity contribution in [2.75, 3.05) is 33.3 Å². The highest BCUT2D eigenvalue weighted by atomic mass is 16.5. The van der Waals surface area contributed by atoms with Crippen LogP contribution in [-0.4, -0.2) is 67.0 Å². The van der Waals surface area contributed by atoms with Gasteiger partial charge in [0.15, 0.2) is 0 Å². The van der Waals surface area contributed by atoms with Gasteiger partial charge in [0.05, 0.1) is 13.2 Å². The van der Waals surface area contributed by atoms with Crippen molar-refractivity contribution in [2.24, 2.45) is 5.92 Å². The van der Waals surface area contributed by atoms with Crippen molar-refractivity contribution in [3.05, 3.63) is 29.8 Å². The zero-order chi connectivity index (χ0) is 19.0. The highest BCUT2D eigenvalue weighted by Gasteiger charge is 2.54. The molecule has 2 bridgehead atoms. The smallest absolute Gasteiger partial charge is 0.224 e. The van der Waals surface area contributed by atoms with Gasteiger partial charge in [-0.25, -0.2) is 0 Å². The van der Waals surface area contributed by atoms with E-state index in [9.17, 15) is 9.59 Å². The van der Waals surface area contributed by atoms with E-state index in [0.29, 0.717) is 36.9 Å². The zero-order valence-corrected chi connectivity index (χ0v) is 16.2. The maximum absolute atomic E-state index is 13.0. The SMILES string of the molecule is COc1ccc([C@@H]2CN(C(=O)CCNC(C)=O)[C@@H]3C4CCN(CC4)[C@@H]32)cc1. The molecular formula is C21H29N3O3. The van der Waals surface area contributed by atoms with Crippen LogP contribution in [0.5, 0.6) is 5.75 Å². The topological polar surface area (TPSA) is 61.9 Å². The Kier molecular flexibility index (Phi) is 5.08. The summed E-state index contributed by atoms with van der Waals surface area (Å²) in [6, 6.07) is 9.05. The van der Waals surface area contributed by atoms with Gasteiger partial charge in [0.2, 0.25) is 11.8 Å². The third-order valence-corrected chi connectivity index (χ3v) is 6.57. The van der Waals surface area contributed by atoms with E-state index in [1.165, 1.54) is 25.3 Å². The summed E-state index contributed by atoms with van der Waals surface area (Å²) in [5.74, 6) is 1.90. The van der Waals surface area contributed by atoms with Crippen LogP contribution in [-0.2, 0) is 9.59 Å². The maximum atomic E-state index is 13.0. The Bertz CT molecular complexity index is 697. The highest BCUT2D eigenvalue weighted by Crippen LogP contribution is 2.46. The molecule has 1 aromatic rings. The Labute approximate surface area is 160 Å². The summed E-state index contributed by atoms with van der Waals surface area (Å²) < 4.78 is 5.30. The minimum absolute atomic E-state index is 0.0824. The predicted octanol–water partition coefficient (Wildman–Crippen LogP) is 1.61. The normalized spacial score (nSPS) is 31.5. The van der Waals surface area contributed by atoms with Crippen molar-refractivity contribution < 1.29 is 14.3 Å². The van der Waals surface area contributed by atoms with Crippen LogP contribution < -0.4 is 10.1 Å². The molecule has 0 unspecified atom stereocenters. The van der Waals surface area contributed by atoms with E-state index in [0.717, 1.165) is 25.4 Å². The fourth-order valence-electron chi connectivity index (χ4n) is 5.34. The largest absolute Gasteiger partial charge is 0.497 e. The van der Waals surface area contributed by atoms with E-state index in [-0.39, 0.29) is 11.8 Å². The van der Waals surface area contributed by atoms with Crippen LogP contribution in [0.1, 0.15) is 37.7 Å². The lowest BCUT2D eigenvalue weighted by Crippen LogP contribution is -2.60. The van der Waals surface area contributed by atoms with Crippen LogP contribution in [0.3, 0.4) is 0 Å². The van der Waals surface area contributed by atoms with Crippen LogP contribution in [0.15, 0.2) is 24.3 Å². The summed E-state index contributed by atoms with van der Waals surface area (Å²) in [6.45, 7) is 4.97. The lowest BCUT2D eigenvalue weighted by Gasteiger charge is -2.51. The molecule has 0 spiro atoms. The summed E-state index contributed by atoms with van der Waals surface area (Å²) >= 11 is 0. The molecule has 0 aliphatic carbocycles. The minimum Gasteiger partial charge on any atom is -0.497 e. The molecule has 4 saturated heterocycles. The van der Waals surface area contributed by atoms with Gasteiger partial charge in [-0.3, -0.25) is 14.5 Å². The lowest BCUT2D eigenvalue weighted by atomic mass is 9.75. The molecule has 1 aromatic carbocycles. The third-order valence-electron chi connectivity index (χ3n) is 6.57. The molecule has 0 saturated carbocycles. The Morgan fingerprint density at radius 2 is 1.85 bits per heavy atom. The maximum Gasteiger partial charge on any atom is 0.224 e. The van der Waals surface area contributed by atoms with Gasteiger partial charge in [0.25, 0.3) is 0 Å². The number of benzene rings is 1. The molecule has 6 heteroatoms. The van der Waals surface area contributed by atoms with Crippen molar-refractivity contribution in [3.63, 3.8) is 0 Å². The first-order valence-corrected chi connectivity index (χ1v) is 10.0. The van der Waals surface area contributed by atoms with Gasteiger partial charge in [0, 0.05) is 38.4 Å². The standard InChI is InChI=1S/C21H29N3O3/c1-14(25)22-10-7-19(26)24-13-18(15-3-5-17(27-2)6-4-15)21-20(24)16-8-11-23(21)12-9-16/h3-6,16,18,20-21H,7-13H2,1-2H3,(H,22,25)/t18-,20+,21+/m0/s1. The first-order chi connectivity index (χ1) is 13.1. The zero-order valence-electron chi connectivity index (χ0n) is 16.2. The molecule has 4 fully saturated rings. The molecule has 1 N–H and O–H groups in total. The van der Waals surface area contributed by atoms with Gasteiger partial charge in [-0.15, -0.1) is 0 Å². The summed E-state index contributed by atoms with van der Waals surface area (Å²) in [4.78, 5) is 28.8. The number of carbonyl (C=O) groups is 2. The van der Waals surface area contributed by atoms with Crippen molar-refractivity contribution in [1.29, 1.82) is 0 Å². The van der Waals surface area contributed by atoms with E-state index in [1.54, 1.807) is 7.11 Å². The number of rotatable bonds is 5. The molecule has 4 aliphatic heterocycles. The van der Waals surface area contributed by atoms with Crippen molar-refractivity contribution in [3.8, 4) is 5.75 Å². The van der Waals surface area contributed by atoms with Crippen LogP contribution in [0.25, 0.3) is 0 Å². The Hall–Kier alpha value is -2.08. The fraction of sp³-hybridized carbons (Fsp3) is 0.619. The van der Waals surface area contributed by atoms with Gasteiger partial charge >= 0.3 is 0 Å². The first kappa shape index (κ1) is 18.3. The Morgan fingerprint density at radius 1 is 1.15 bits per heavy atom. The number of hydrogen-bond acceptors (Lipinski definition) is 4. The molecule has 4 aliphatic rings. The van der Waals surface area contributed by atoms with E-state index >= 15 is 0 Å². The number of carbonyl (C=O) groups excluding carboxylic acids is 2. The summed E-state index contributed by atoms with van der Waals surface area (Å²) in [6.07, 6.45) is 2.75. The van der Waals surface area contributed by atoms with E-state index in [2.05, 4.69) is 27.2 Å². The molecule has 4 heterocycles. The van der Waals surface area contributed by atoms with Gasteiger partial charge in [0.1, 0.15) is 5.75 Å². The minimum atomic E-state index is -0.0824.